The van der Waals surface area contributed by atoms with E-state index in [1.54, 1.807) is 4.90 Å². The van der Waals surface area contributed by atoms with Crippen molar-refractivity contribution in [2.24, 2.45) is 4.99 Å². The zero-order valence-corrected chi connectivity index (χ0v) is 10.6. The van der Waals surface area contributed by atoms with Crippen molar-refractivity contribution in [3.05, 3.63) is 0 Å². The summed E-state index contributed by atoms with van der Waals surface area (Å²) in [6.45, 7) is -0.127. The lowest BCUT2D eigenvalue weighted by Gasteiger charge is -2.36. The van der Waals surface area contributed by atoms with E-state index in [4.69, 9.17) is 9.84 Å². The van der Waals surface area contributed by atoms with Gasteiger partial charge in [0.15, 0.2) is 11.3 Å². The predicted octanol–water partition coefficient (Wildman–Crippen LogP) is -0.174. The van der Waals surface area contributed by atoms with E-state index >= 15 is 0 Å². The van der Waals surface area contributed by atoms with Gasteiger partial charge in [0.25, 0.3) is 0 Å². The van der Waals surface area contributed by atoms with E-state index in [1.807, 2.05) is 14.1 Å². The van der Waals surface area contributed by atoms with Gasteiger partial charge in [-0.25, -0.2) is 4.39 Å². The van der Waals surface area contributed by atoms with E-state index in [-0.39, 0.29) is 13.0 Å². The van der Waals surface area contributed by atoms with Gasteiger partial charge in [-0.05, 0) is 6.42 Å². The third-order valence-corrected chi connectivity index (χ3v) is 4.20. The predicted molar refractivity (Wildman–Crippen MR) is 63.8 cm³/mol. The minimum absolute atomic E-state index is 0.127. The Morgan fingerprint density at radius 3 is 2.82 bits per heavy atom. The summed E-state index contributed by atoms with van der Waals surface area (Å²) in [5.74, 6) is 0. The molecule has 1 saturated heterocycles. The van der Waals surface area contributed by atoms with Crippen molar-refractivity contribution in [2.75, 3.05) is 20.7 Å². The number of ether oxygens (including phenoxy) is 1. The molecule has 2 aliphatic rings. The number of aliphatic hydroxyl groups excluding tert-OH is 2. The Labute approximate surface area is 104 Å². The van der Waals surface area contributed by atoms with Crippen LogP contribution in [0.3, 0.4) is 0 Å². The van der Waals surface area contributed by atoms with Crippen molar-refractivity contribution in [3.8, 4) is 0 Å². The summed E-state index contributed by atoms with van der Waals surface area (Å²) in [7, 11) is 3.66. The monoisotopic (exact) mass is 264 g/mol. The van der Waals surface area contributed by atoms with Crippen LogP contribution in [0.15, 0.2) is 4.99 Å². The Morgan fingerprint density at radius 2 is 2.24 bits per heavy atom. The van der Waals surface area contributed by atoms with Crippen LogP contribution in [-0.4, -0.2) is 70.8 Å². The summed E-state index contributed by atoms with van der Waals surface area (Å²) in [5, 5.41) is 19.3. The van der Waals surface area contributed by atoms with Gasteiger partial charge < -0.3 is 19.8 Å². The smallest absolute Gasteiger partial charge is 0.161 e. The highest BCUT2D eigenvalue weighted by Gasteiger charge is 2.49. The summed E-state index contributed by atoms with van der Waals surface area (Å²) in [6.07, 6.45) is -3.06. The number of rotatable bonds is 2. The van der Waals surface area contributed by atoms with Gasteiger partial charge in [0.05, 0.1) is 6.10 Å². The number of hydrogen-bond donors (Lipinski definition) is 2. The van der Waals surface area contributed by atoms with Crippen molar-refractivity contribution < 1.29 is 19.3 Å². The molecule has 7 heteroatoms. The summed E-state index contributed by atoms with van der Waals surface area (Å²) in [5.41, 5.74) is -0.401. The highest BCUT2D eigenvalue weighted by molar-refractivity contribution is 8.14. The van der Waals surface area contributed by atoms with E-state index in [0.29, 0.717) is 5.17 Å². The van der Waals surface area contributed by atoms with E-state index in [1.165, 1.54) is 11.8 Å². The van der Waals surface area contributed by atoms with E-state index < -0.39 is 29.9 Å². The number of fused-ring (bicyclic) bond motifs is 1. The van der Waals surface area contributed by atoms with Gasteiger partial charge >= 0.3 is 0 Å². The van der Waals surface area contributed by atoms with Gasteiger partial charge in [0.2, 0.25) is 0 Å². The van der Waals surface area contributed by atoms with Crippen LogP contribution < -0.4 is 0 Å². The highest BCUT2D eigenvalue weighted by Crippen LogP contribution is 2.38. The molecule has 1 fully saturated rings. The maximum atomic E-state index is 14.0. The first-order valence-corrected chi connectivity index (χ1v) is 6.42. The molecule has 0 aromatic heterocycles. The van der Waals surface area contributed by atoms with Crippen molar-refractivity contribution in [1.29, 1.82) is 0 Å². The largest absolute Gasteiger partial charge is 0.396 e. The first-order valence-electron chi connectivity index (χ1n) is 5.55. The van der Waals surface area contributed by atoms with Crippen LogP contribution >= 0.6 is 11.8 Å². The van der Waals surface area contributed by atoms with Gasteiger partial charge in [-0.15, -0.1) is 0 Å². The van der Waals surface area contributed by atoms with Gasteiger partial charge in [0, 0.05) is 20.7 Å². The lowest BCUT2D eigenvalue weighted by atomic mass is 9.98. The molecule has 2 heterocycles. The molecule has 0 bridgehead atoms. The van der Waals surface area contributed by atoms with Crippen LogP contribution in [0, 0.1) is 0 Å². The zero-order chi connectivity index (χ0) is 12.6. The molecule has 2 N–H and O–H groups in total. The molecule has 5 nitrogen and oxygen atoms in total. The van der Waals surface area contributed by atoms with Gasteiger partial charge in [-0.1, -0.05) is 11.8 Å². The Bertz CT molecular complexity index is 316. The molecule has 17 heavy (non-hydrogen) atoms. The number of amidine groups is 1. The zero-order valence-electron chi connectivity index (χ0n) is 9.78. The standard InChI is InChI=1S/C10H17FN2O3S/c1-13(2)10-12-7-6(11)8(15)5(3-4-14)16-9(7)17-10/h5-9,14-15H,3-4H2,1-2H3/t5-,6-,7-,8-,9-/m1/s1. The van der Waals surface area contributed by atoms with E-state index in [0.717, 1.165) is 0 Å². The van der Waals surface area contributed by atoms with Crippen molar-refractivity contribution in [1.82, 2.24) is 4.90 Å². The highest BCUT2D eigenvalue weighted by atomic mass is 32.2. The minimum Gasteiger partial charge on any atom is -0.396 e. The Balaban J connectivity index is 2.10. The molecule has 0 spiro atoms. The number of nitrogens with zero attached hydrogens (tertiary/aromatic N) is 2. The Kier molecular flexibility index (Phi) is 3.92. The fraction of sp³-hybridized carbons (Fsp3) is 0.900. The van der Waals surface area contributed by atoms with Crippen molar-refractivity contribution in [2.45, 2.75) is 36.3 Å². The van der Waals surface area contributed by atoms with Crippen LogP contribution in [-0.2, 0) is 4.74 Å². The van der Waals surface area contributed by atoms with Crippen LogP contribution in [0.1, 0.15) is 6.42 Å². The number of alkyl halides is 1. The van der Waals surface area contributed by atoms with Crippen LogP contribution in [0.5, 0.6) is 0 Å². The molecule has 0 aliphatic carbocycles. The van der Waals surface area contributed by atoms with Gasteiger partial charge in [0.1, 0.15) is 17.6 Å². The van der Waals surface area contributed by atoms with E-state index in [2.05, 4.69) is 4.99 Å². The van der Waals surface area contributed by atoms with Crippen LogP contribution in [0.25, 0.3) is 0 Å². The molecule has 2 rings (SSSR count). The molecule has 0 saturated carbocycles. The third-order valence-electron chi connectivity index (χ3n) is 2.90. The number of aliphatic imine (C=N–C) groups is 1. The second kappa shape index (κ2) is 5.09. The third kappa shape index (κ3) is 2.42. The summed E-state index contributed by atoms with van der Waals surface area (Å²) in [6, 6.07) is -0.651. The first-order chi connectivity index (χ1) is 8.04. The molecule has 5 atom stereocenters. The van der Waals surface area contributed by atoms with Gasteiger partial charge in [-0.2, -0.15) is 0 Å². The minimum atomic E-state index is -1.43. The topological polar surface area (TPSA) is 65.3 Å². The maximum Gasteiger partial charge on any atom is 0.161 e. The summed E-state index contributed by atoms with van der Waals surface area (Å²) < 4.78 is 19.6. The molecule has 0 amide bonds. The average Bonchev–Trinajstić information content (AvgIpc) is 2.70. The molecule has 98 valence electrons. The lowest BCUT2D eigenvalue weighted by molar-refractivity contribution is -0.136. The number of hydrogen-bond acceptors (Lipinski definition) is 6. The summed E-state index contributed by atoms with van der Waals surface area (Å²) in [4.78, 5) is 6.02. The molecular formula is C10H17FN2O3S. The fourth-order valence-electron chi connectivity index (χ4n) is 1.97. The molecule has 2 aliphatic heterocycles. The maximum absolute atomic E-state index is 14.0. The average molecular weight is 264 g/mol. The molecule has 0 aromatic carbocycles. The molecule has 0 radical (unpaired) electrons. The number of halogens is 1. The first kappa shape index (κ1) is 13.1. The Morgan fingerprint density at radius 1 is 1.53 bits per heavy atom. The van der Waals surface area contributed by atoms with Crippen molar-refractivity contribution in [3.63, 3.8) is 0 Å². The fourth-order valence-corrected chi connectivity index (χ4v) is 3.12. The quantitative estimate of drug-likeness (QED) is 0.725. The molecule has 0 unspecified atom stereocenters. The number of aliphatic hydroxyl groups is 2. The SMILES string of the molecule is CN(C)C1=N[C@@H]2[C@@H](F)[C@H](O)[C@@H](CCO)O[C@@H]2S1. The second-order valence-electron chi connectivity index (χ2n) is 4.40. The Hall–Kier alpha value is -0.370. The number of thioether (sulfide) groups is 1. The molecular weight excluding hydrogens is 247 g/mol. The second-order valence-corrected chi connectivity index (χ2v) is 5.47. The summed E-state index contributed by atoms with van der Waals surface area (Å²) >= 11 is 1.36. The van der Waals surface area contributed by atoms with Gasteiger partial charge in [-0.3, -0.25) is 4.99 Å². The van der Waals surface area contributed by atoms with Crippen LogP contribution in [0.4, 0.5) is 4.39 Å². The lowest BCUT2D eigenvalue weighted by Crippen LogP contribution is -2.52. The normalized spacial score (nSPS) is 41.0. The van der Waals surface area contributed by atoms with E-state index in [9.17, 15) is 9.50 Å². The molecule has 0 aromatic rings. The van der Waals surface area contributed by atoms with Crippen molar-refractivity contribution >= 4 is 16.9 Å². The van der Waals surface area contributed by atoms with Crippen LogP contribution in [0.2, 0.25) is 0 Å².